The minimum absolute atomic E-state index is 0.118. The molecule has 2 N–H and O–H groups in total. The van der Waals surface area contributed by atoms with E-state index in [0.29, 0.717) is 23.7 Å². The predicted molar refractivity (Wildman–Crippen MR) is 98.7 cm³/mol. The van der Waals surface area contributed by atoms with E-state index in [4.69, 9.17) is 18.9 Å². The molecule has 2 atom stereocenters. The Hall–Kier alpha value is -2.74. The van der Waals surface area contributed by atoms with E-state index in [1.165, 1.54) is 14.2 Å². The van der Waals surface area contributed by atoms with Crippen molar-refractivity contribution in [3.8, 4) is 11.5 Å². The monoisotopic (exact) mass is 378 g/mol. The van der Waals surface area contributed by atoms with Gasteiger partial charge in [0.1, 0.15) is 12.5 Å². The fraction of sp³-hybridized carbons (Fsp3) is 0.474. The third-order valence-corrected chi connectivity index (χ3v) is 4.06. The minimum atomic E-state index is -0.785. The van der Waals surface area contributed by atoms with E-state index in [0.717, 1.165) is 6.42 Å². The second-order valence-corrected chi connectivity index (χ2v) is 6.00. The summed E-state index contributed by atoms with van der Waals surface area (Å²) < 4.78 is 21.2. The van der Waals surface area contributed by atoms with Gasteiger partial charge in [-0.1, -0.05) is 19.6 Å². The van der Waals surface area contributed by atoms with Crippen molar-refractivity contribution in [2.24, 2.45) is 5.92 Å². The highest BCUT2D eigenvalue weighted by Gasteiger charge is 2.39. The Morgan fingerprint density at radius 1 is 1.19 bits per heavy atom. The molecule has 8 nitrogen and oxygen atoms in total. The summed E-state index contributed by atoms with van der Waals surface area (Å²) in [5.41, 5.74) is 0.955. The lowest BCUT2D eigenvalue weighted by atomic mass is 9.89. The normalized spacial score (nSPS) is 19.1. The van der Waals surface area contributed by atoms with Crippen molar-refractivity contribution in [2.75, 3.05) is 34.0 Å². The number of methoxy groups -OCH3 is 2. The molecule has 148 valence electrons. The molecule has 1 heterocycles. The maximum absolute atomic E-state index is 12.6. The van der Waals surface area contributed by atoms with Crippen LogP contribution in [-0.2, 0) is 14.3 Å². The van der Waals surface area contributed by atoms with E-state index >= 15 is 0 Å². The maximum Gasteiger partial charge on any atom is 0.319 e. The van der Waals surface area contributed by atoms with Crippen molar-refractivity contribution in [3.63, 3.8) is 0 Å². The highest BCUT2D eigenvalue weighted by molar-refractivity contribution is 5.85. The van der Waals surface area contributed by atoms with Gasteiger partial charge >= 0.3 is 12.0 Å². The molecule has 1 aliphatic rings. The molecule has 27 heavy (non-hydrogen) atoms. The summed E-state index contributed by atoms with van der Waals surface area (Å²) in [5.74, 6) is -0.168. The topological polar surface area (TPSA) is 95.1 Å². The smallest absolute Gasteiger partial charge is 0.319 e. The lowest BCUT2D eigenvalue weighted by Crippen LogP contribution is -2.51. The molecule has 1 aromatic carbocycles. The number of esters is 1. The molecule has 1 saturated heterocycles. The Balaban J connectivity index is 2.29. The van der Waals surface area contributed by atoms with Gasteiger partial charge in [-0.3, -0.25) is 4.79 Å². The Morgan fingerprint density at radius 3 is 2.63 bits per heavy atom. The molecule has 2 rings (SSSR count). The van der Waals surface area contributed by atoms with Crippen LogP contribution in [0.1, 0.15) is 24.9 Å². The lowest BCUT2D eigenvalue weighted by molar-refractivity contribution is -0.149. The quantitative estimate of drug-likeness (QED) is 0.505. The van der Waals surface area contributed by atoms with Crippen LogP contribution in [0.25, 0.3) is 0 Å². The molecule has 1 aromatic rings. The highest BCUT2D eigenvalue weighted by atomic mass is 16.6. The van der Waals surface area contributed by atoms with E-state index in [9.17, 15) is 9.59 Å². The van der Waals surface area contributed by atoms with Gasteiger partial charge in [0.05, 0.1) is 26.4 Å². The van der Waals surface area contributed by atoms with Gasteiger partial charge in [0.25, 0.3) is 0 Å². The average Bonchev–Trinajstić information content (AvgIpc) is 2.65. The molecular weight excluding hydrogens is 352 g/mol. The first kappa shape index (κ1) is 20.6. The number of rotatable bonds is 9. The van der Waals surface area contributed by atoms with E-state index < -0.39 is 24.0 Å². The van der Waals surface area contributed by atoms with Crippen molar-refractivity contribution in [1.29, 1.82) is 0 Å². The molecule has 0 radical (unpaired) electrons. The van der Waals surface area contributed by atoms with Crippen LogP contribution in [0.5, 0.6) is 11.5 Å². The van der Waals surface area contributed by atoms with E-state index in [-0.39, 0.29) is 18.9 Å². The number of carbonyl (C=O) groups excluding carboxylic acids is 2. The van der Waals surface area contributed by atoms with Crippen molar-refractivity contribution in [3.05, 3.63) is 36.0 Å². The first-order valence-corrected chi connectivity index (χ1v) is 8.74. The lowest BCUT2D eigenvalue weighted by Gasteiger charge is -2.33. The summed E-state index contributed by atoms with van der Waals surface area (Å²) in [6, 6.07) is 4.21. The van der Waals surface area contributed by atoms with Gasteiger partial charge in [-0.05, 0) is 24.1 Å². The molecule has 0 unspecified atom stereocenters. The van der Waals surface area contributed by atoms with Crippen molar-refractivity contribution in [1.82, 2.24) is 10.6 Å². The third-order valence-electron chi connectivity index (χ3n) is 4.06. The van der Waals surface area contributed by atoms with Crippen LogP contribution in [0.2, 0.25) is 0 Å². The fourth-order valence-corrected chi connectivity index (χ4v) is 2.76. The zero-order valence-corrected chi connectivity index (χ0v) is 15.9. The summed E-state index contributed by atoms with van der Waals surface area (Å²) in [7, 11) is 3.06. The number of carbonyl (C=O) groups is 2. The summed E-state index contributed by atoms with van der Waals surface area (Å²) in [5, 5.41) is 5.29. The molecule has 8 heteroatoms. The largest absolute Gasteiger partial charge is 0.493 e. The van der Waals surface area contributed by atoms with Crippen molar-refractivity contribution < 1.29 is 28.5 Å². The van der Waals surface area contributed by atoms with Crippen LogP contribution in [-0.4, -0.2) is 46.0 Å². The average molecular weight is 378 g/mol. The highest BCUT2D eigenvalue weighted by Crippen LogP contribution is 2.35. The van der Waals surface area contributed by atoms with Gasteiger partial charge in [-0.15, -0.1) is 0 Å². The Morgan fingerprint density at radius 2 is 1.96 bits per heavy atom. The van der Waals surface area contributed by atoms with Gasteiger partial charge in [0.15, 0.2) is 11.5 Å². The molecule has 1 fully saturated rings. The fourth-order valence-electron chi connectivity index (χ4n) is 2.76. The summed E-state index contributed by atoms with van der Waals surface area (Å²) in [4.78, 5) is 24.5. The Labute approximate surface area is 158 Å². The zero-order valence-electron chi connectivity index (χ0n) is 15.9. The van der Waals surface area contributed by atoms with E-state index in [1.54, 1.807) is 18.2 Å². The number of urea groups is 1. The zero-order chi connectivity index (χ0) is 19.8. The minimum Gasteiger partial charge on any atom is -0.493 e. The first-order valence-electron chi connectivity index (χ1n) is 8.74. The van der Waals surface area contributed by atoms with Crippen LogP contribution in [0, 0.1) is 5.92 Å². The van der Waals surface area contributed by atoms with Crippen LogP contribution >= 0.6 is 0 Å². The predicted octanol–water partition coefficient (Wildman–Crippen LogP) is 2.16. The van der Waals surface area contributed by atoms with Crippen molar-refractivity contribution in [2.45, 2.75) is 19.4 Å². The molecule has 0 spiro atoms. The summed E-state index contributed by atoms with van der Waals surface area (Å²) in [6.07, 6.45) is 0.866. The standard InChI is InChI=1S/C19H26N2O6/c1-5-8-26-14-7-6-13(11-15(14)25-4)17-16(12(2)20-19(23)21-17)18(22)27-10-9-24-3/h6-7,11,16-17H,2,5,8-10H2,1,3-4H3,(H2,20,21,23)/t16-,17+/m0/s1. The molecular formula is C19H26N2O6. The molecule has 0 aliphatic carbocycles. The number of benzene rings is 1. The summed E-state index contributed by atoms with van der Waals surface area (Å²) >= 11 is 0. The Kier molecular flexibility index (Phi) is 7.48. The molecule has 1 aliphatic heterocycles. The number of ether oxygens (including phenoxy) is 4. The van der Waals surface area contributed by atoms with Gasteiger partial charge in [0, 0.05) is 12.8 Å². The van der Waals surface area contributed by atoms with Crippen molar-refractivity contribution >= 4 is 12.0 Å². The third kappa shape index (κ3) is 5.13. The van der Waals surface area contributed by atoms with Gasteiger partial charge in [-0.2, -0.15) is 0 Å². The van der Waals surface area contributed by atoms with Crippen LogP contribution in [0.4, 0.5) is 4.79 Å². The first-order chi connectivity index (χ1) is 13.0. The molecule has 2 amide bonds. The van der Waals surface area contributed by atoms with E-state index in [2.05, 4.69) is 17.2 Å². The second kappa shape index (κ2) is 9.82. The van der Waals surface area contributed by atoms with Gasteiger partial charge in [-0.25, -0.2) is 4.79 Å². The maximum atomic E-state index is 12.6. The molecule has 0 saturated carbocycles. The van der Waals surface area contributed by atoms with E-state index in [1.807, 2.05) is 6.92 Å². The number of nitrogens with one attached hydrogen (secondary N) is 2. The van der Waals surface area contributed by atoms with Gasteiger partial charge < -0.3 is 29.6 Å². The molecule has 0 bridgehead atoms. The van der Waals surface area contributed by atoms with Crippen LogP contribution in [0.3, 0.4) is 0 Å². The summed E-state index contributed by atoms with van der Waals surface area (Å²) in [6.45, 7) is 6.79. The SMILES string of the molecule is C=C1NC(=O)N[C@H](c2ccc(OCCC)c(OC)c2)[C@H]1C(=O)OCCOC. The molecule has 0 aromatic heterocycles. The second-order valence-electron chi connectivity index (χ2n) is 6.00. The number of hydrogen-bond donors (Lipinski definition) is 2. The number of hydrogen-bond acceptors (Lipinski definition) is 6. The van der Waals surface area contributed by atoms with Gasteiger partial charge in [0.2, 0.25) is 0 Å². The number of amides is 2. The van der Waals surface area contributed by atoms with Crippen LogP contribution < -0.4 is 20.1 Å². The van der Waals surface area contributed by atoms with Crippen LogP contribution in [0.15, 0.2) is 30.5 Å². The Bertz CT molecular complexity index is 691.